The molecule has 0 radical (unpaired) electrons. The van der Waals surface area contributed by atoms with Gasteiger partial charge in [-0.15, -0.1) is 12.4 Å². The van der Waals surface area contributed by atoms with Crippen molar-refractivity contribution in [3.8, 4) is 11.5 Å². The Morgan fingerprint density at radius 2 is 1.81 bits per heavy atom. The second kappa shape index (κ2) is 10.3. The summed E-state index contributed by atoms with van der Waals surface area (Å²) < 4.78 is 13.1. The molecule has 0 atom stereocenters. The third kappa shape index (κ3) is 5.06. The lowest BCUT2D eigenvalue weighted by Crippen LogP contribution is -2.43. The summed E-state index contributed by atoms with van der Waals surface area (Å²) in [5, 5.41) is 3.69. The van der Waals surface area contributed by atoms with Crippen LogP contribution in [-0.2, 0) is 13.1 Å². The Labute approximate surface area is 193 Å². The highest BCUT2D eigenvalue weighted by atomic mass is 35.5. The van der Waals surface area contributed by atoms with E-state index in [2.05, 4.69) is 27.3 Å². The highest BCUT2D eigenvalue weighted by molar-refractivity contribution is 5.85. The topological polar surface area (TPSA) is 68.6 Å². The van der Waals surface area contributed by atoms with Crippen molar-refractivity contribution in [3.63, 3.8) is 0 Å². The fraction of sp³-hybridized carbons (Fsp3) is 0.417. The van der Waals surface area contributed by atoms with Gasteiger partial charge < -0.3 is 24.3 Å². The molecule has 2 aliphatic rings. The molecule has 0 unspecified atom stereocenters. The van der Waals surface area contributed by atoms with Crippen LogP contribution >= 0.6 is 12.4 Å². The molecular weight excluding hydrogens is 428 g/mol. The van der Waals surface area contributed by atoms with E-state index in [0.29, 0.717) is 25.8 Å². The second-order valence-corrected chi connectivity index (χ2v) is 8.21. The van der Waals surface area contributed by atoms with Gasteiger partial charge in [-0.2, -0.15) is 0 Å². The van der Waals surface area contributed by atoms with Gasteiger partial charge in [0.15, 0.2) is 11.5 Å². The number of rotatable bonds is 6. The zero-order valence-corrected chi connectivity index (χ0v) is 18.9. The van der Waals surface area contributed by atoms with E-state index in [-0.39, 0.29) is 18.0 Å². The number of ether oxygens (including phenoxy) is 2. The zero-order chi connectivity index (χ0) is 21.0. The van der Waals surface area contributed by atoms with Gasteiger partial charge in [-0.25, -0.2) is 0 Å². The standard InChI is InChI=1S/C24H28N4O3.ClH/c29-24-6-4-20-21(2-1-9-25-20)28(24)13-12-27-10-7-19(8-11-27)26-17-18-3-5-22-23(16-18)31-15-14-30-22;/h1-6,9,16,19,26H,7-8,10-15,17H2;1H. The molecule has 2 aromatic heterocycles. The number of nitrogens with one attached hydrogen (secondary N) is 1. The molecule has 1 saturated heterocycles. The van der Waals surface area contributed by atoms with Gasteiger partial charge >= 0.3 is 0 Å². The van der Waals surface area contributed by atoms with Crippen LogP contribution in [0, 0.1) is 0 Å². The number of piperidine rings is 1. The van der Waals surface area contributed by atoms with E-state index in [1.54, 1.807) is 18.3 Å². The average molecular weight is 457 g/mol. The van der Waals surface area contributed by atoms with Crippen molar-refractivity contribution in [2.75, 3.05) is 32.8 Å². The molecule has 0 bridgehead atoms. The minimum Gasteiger partial charge on any atom is -0.486 e. The van der Waals surface area contributed by atoms with E-state index in [4.69, 9.17) is 9.47 Å². The zero-order valence-electron chi connectivity index (χ0n) is 18.0. The van der Waals surface area contributed by atoms with Crippen molar-refractivity contribution in [1.82, 2.24) is 19.8 Å². The molecular formula is C24H29ClN4O3. The molecule has 2 aliphatic heterocycles. The Hall–Kier alpha value is -2.61. The summed E-state index contributed by atoms with van der Waals surface area (Å²) in [5.74, 6) is 1.68. The number of likely N-dealkylation sites (tertiary alicyclic amines) is 1. The smallest absolute Gasteiger partial charge is 0.251 e. The average Bonchev–Trinajstić information content (AvgIpc) is 2.82. The van der Waals surface area contributed by atoms with Gasteiger partial charge in [-0.1, -0.05) is 6.07 Å². The molecule has 32 heavy (non-hydrogen) atoms. The number of benzene rings is 1. The summed E-state index contributed by atoms with van der Waals surface area (Å²) in [6.45, 7) is 5.71. The van der Waals surface area contributed by atoms with E-state index in [0.717, 1.165) is 61.6 Å². The fourth-order valence-corrected chi connectivity index (χ4v) is 4.42. The van der Waals surface area contributed by atoms with E-state index >= 15 is 0 Å². The molecule has 1 aromatic carbocycles. The first kappa shape index (κ1) is 22.6. The number of aromatic nitrogens is 2. The van der Waals surface area contributed by atoms with Crippen molar-refractivity contribution in [2.45, 2.75) is 32.0 Å². The van der Waals surface area contributed by atoms with Gasteiger partial charge in [0.25, 0.3) is 5.56 Å². The largest absolute Gasteiger partial charge is 0.486 e. The first-order chi connectivity index (χ1) is 15.3. The highest BCUT2D eigenvalue weighted by Gasteiger charge is 2.19. The minimum atomic E-state index is 0. The lowest BCUT2D eigenvalue weighted by molar-refractivity contribution is 0.171. The molecule has 0 saturated carbocycles. The van der Waals surface area contributed by atoms with Gasteiger partial charge in [0.2, 0.25) is 0 Å². The van der Waals surface area contributed by atoms with Gasteiger partial charge in [0.1, 0.15) is 13.2 Å². The molecule has 8 heteroatoms. The number of fused-ring (bicyclic) bond motifs is 2. The summed E-state index contributed by atoms with van der Waals surface area (Å²) in [7, 11) is 0. The van der Waals surface area contributed by atoms with Crippen molar-refractivity contribution in [1.29, 1.82) is 0 Å². The minimum absolute atomic E-state index is 0. The molecule has 0 aliphatic carbocycles. The van der Waals surface area contributed by atoms with Gasteiger partial charge in [-0.05, 0) is 61.8 Å². The van der Waals surface area contributed by atoms with E-state index in [1.165, 1.54) is 5.56 Å². The highest BCUT2D eigenvalue weighted by Crippen LogP contribution is 2.30. The molecule has 0 spiro atoms. The Morgan fingerprint density at radius 1 is 1.00 bits per heavy atom. The second-order valence-electron chi connectivity index (χ2n) is 8.21. The third-order valence-corrected chi connectivity index (χ3v) is 6.19. The molecule has 7 nitrogen and oxygen atoms in total. The van der Waals surface area contributed by atoms with Crippen LogP contribution in [0.25, 0.3) is 11.0 Å². The van der Waals surface area contributed by atoms with Crippen LogP contribution < -0.4 is 20.3 Å². The van der Waals surface area contributed by atoms with Crippen LogP contribution in [0.5, 0.6) is 11.5 Å². The van der Waals surface area contributed by atoms with Gasteiger partial charge in [-0.3, -0.25) is 9.78 Å². The van der Waals surface area contributed by atoms with Crippen LogP contribution in [0.1, 0.15) is 18.4 Å². The quantitative estimate of drug-likeness (QED) is 0.615. The number of hydrogen-bond donors (Lipinski definition) is 1. The van der Waals surface area contributed by atoms with Crippen LogP contribution in [-0.4, -0.2) is 53.3 Å². The molecule has 3 aromatic rings. The Bertz CT molecular complexity index is 1110. The number of pyridine rings is 2. The lowest BCUT2D eigenvalue weighted by atomic mass is 10.0. The molecule has 1 N–H and O–H groups in total. The third-order valence-electron chi connectivity index (χ3n) is 6.19. The van der Waals surface area contributed by atoms with Crippen LogP contribution in [0.15, 0.2) is 53.5 Å². The Morgan fingerprint density at radius 3 is 2.66 bits per heavy atom. The summed E-state index contributed by atoms with van der Waals surface area (Å²) in [6, 6.07) is 14.0. The summed E-state index contributed by atoms with van der Waals surface area (Å²) in [4.78, 5) is 19.2. The Kier molecular flexibility index (Phi) is 7.29. The van der Waals surface area contributed by atoms with Crippen LogP contribution in [0.2, 0.25) is 0 Å². The number of hydrogen-bond acceptors (Lipinski definition) is 6. The predicted molar refractivity (Wildman–Crippen MR) is 127 cm³/mol. The molecule has 170 valence electrons. The molecule has 4 heterocycles. The monoisotopic (exact) mass is 456 g/mol. The van der Waals surface area contributed by atoms with E-state index in [1.807, 2.05) is 22.8 Å². The normalized spacial score (nSPS) is 16.6. The van der Waals surface area contributed by atoms with Gasteiger partial charge in [0, 0.05) is 37.9 Å². The number of nitrogens with zero attached hydrogens (tertiary/aromatic N) is 3. The lowest BCUT2D eigenvalue weighted by Gasteiger charge is -2.32. The SMILES string of the molecule is Cl.O=c1ccc2ncccc2n1CCN1CCC(NCc2ccc3c(c2)OCCO3)CC1. The summed E-state index contributed by atoms with van der Waals surface area (Å²) >= 11 is 0. The molecule has 0 amide bonds. The Balaban J connectivity index is 0.00000245. The fourth-order valence-electron chi connectivity index (χ4n) is 4.42. The predicted octanol–water partition coefficient (Wildman–Crippen LogP) is 2.84. The van der Waals surface area contributed by atoms with Crippen molar-refractivity contribution < 1.29 is 9.47 Å². The number of halogens is 1. The van der Waals surface area contributed by atoms with Gasteiger partial charge in [0.05, 0.1) is 11.0 Å². The van der Waals surface area contributed by atoms with E-state index in [9.17, 15) is 4.79 Å². The summed E-state index contributed by atoms with van der Waals surface area (Å²) in [6.07, 6.45) is 3.98. The molecule has 5 rings (SSSR count). The van der Waals surface area contributed by atoms with Crippen molar-refractivity contribution in [2.24, 2.45) is 0 Å². The maximum atomic E-state index is 12.4. The van der Waals surface area contributed by atoms with Crippen LogP contribution in [0.3, 0.4) is 0 Å². The maximum Gasteiger partial charge on any atom is 0.251 e. The first-order valence-electron chi connectivity index (χ1n) is 11.0. The maximum absolute atomic E-state index is 12.4. The van der Waals surface area contributed by atoms with Crippen LogP contribution in [0.4, 0.5) is 0 Å². The molecule has 1 fully saturated rings. The first-order valence-corrected chi connectivity index (χ1v) is 11.0. The van der Waals surface area contributed by atoms with Crippen molar-refractivity contribution in [3.05, 3.63) is 64.6 Å². The van der Waals surface area contributed by atoms with Crippen molar-refractivity contribution >= 4 is 23.4 Å². The summed E-state index contributed by atoms with van der Waals surface area (Å²) in [5.41, 5.74) is 3.03. The van der Waals surface area contributed by atoms with E-state index < -0.39 is 0 Å².